The Morgan fingerprint density at radius 1 is 1.02 bits per heavy atom. The first-order valence-electron chi connectivity index (χ1n) is 13.1. The number of nitro groups is 1. The third-order valence-corrected chi connectivity index (χ3v) is 8.26. The molecule has 8 nitrogen and oxygen atoms in total. The molecule has 3 aromatic carbocycles. The summed E-state index contributed by atoms with van der Waals surface area (Å²) in [6.45, 7) is 3.58. The molecule has 1 atom stereocenters. The predicted octanol–water partition coefficient (Wildman–Crippen LogP) is 6.56. The Bertz CT molecular complexity index is 1630. The molecule has 0 bridgehead atoms. The van der Waals surface area contributed by atoms with Gasteiger partial charge in [0.25, 0.3) is 5.88 Å². The van der Waals surface area contributed by atoms with Crippen molar-refractivity contribution in [2.75, 3.05) is 43.0 Å². The molecule has 0 amide bonds. The first kappa shape index (κ1) is 26.4. The summed E-state index contributed by atoms with van der Waals surface area (Å²) < 4.78 is 6.70. The van der Waals surface area contributed by atoms with Gasteiger partial charge in [-0.2, -0.15) is 0 Å². The van der Waals surface area contributed by atoms with Gasteiger partial charge in [-0.3, -0.25) is 15.1 Å². The maximum Gasteiger partial charge on any atom is 0.317 e. The molecule has 2 aliphatic rings. The fourth-order valence-corrected chi connectivity index (χ4v) is 6.20. The number of hydrogen-bond donors (Lipinski definition) is 1. The molecule has 1 fully saturated rings. The van der Waals surface area contributed by atoms with Crippen LogP contribution in [-0.2, 0) is 0 Å². The Morgan fingerprint density at radius 3 is 2.58 bits per heavy atom. The van der Waals surface area contributed by atoms with Crippen molar-refractivity contribution >= 4 is 49.8 Å². The number of allylic oxidation sites excluding steroid dienone is 1. The summed E-state index contributed by atoms with van der Waals surface area (Å²) in [6, 6.07) is 21.7. The molecule has 204 valence electrons. The van der Waals surface area contributed by atoms with Crippen molar-refractivity contribution < 1.29 is 9.66 Å². The standard InChI is InChI=1S/C30H27BrClN5O3/c1-33-30-29(37(38)39)28(24-17-20(31)5-10-27(24)40-30)19-3-7-22(8-4-19)35-13-2-14-36(16-15-35)26-11-12-34-25-18-21(32)6-9-23(25)26/h3-12,17-18,28,33H,2,13-16H2,1H3. The van der Waals surface area contributed by atoms with Crippen molar-refractivity contribution in [3.63, 3.8) is 0 Å². The number of nitrogens with zero attached hydrogens (tertiary/aromatic N) is 4. The second kappa shape index (κ2) is 11.0. The third-order valence-electron chi connectivity index (χ3n) is 7.53. The van der Waals surface area contributed by atoms with Gasteiger partial charge in [-0.25, -0.2) is 0 Å². The Hall–Kier alpha value is -3.82. The molecular weight excluding hydrogens is 594 g/mol. The molecular formula is C30H27BrClN5O3. The number of halogens is 2. The molecule has 3 heterocycles. The van der Waals surface area contributed by atoms with E-state index in [-0.39, 0.29) is 16.5 Å². The van der Waals surface area contributed by atoms with Gasteiger partial charge in [-0.15, -0.1) is 0 Å². The molecule has 4 aromatic rings. The van der Waals surface area contributed by atoms with Crippen LogP contribution in [0.1, 0.15) is 23.5 Å². The number of aromatic nitrogens is 1. The zero-order valence-electron chi connectivity index (χ0n) is 21.8. The fraction of sp³-hybridized carbons (Fsp3) is 0.233. The number of fused-ring (bicyclic) bond motifs is 2. The molecule has 0 aliphatic carbocycles. The summed E-state index contributed by atoms with van der Waals surface area (Å²) >= 11 is 9.70. The highest BCUT2D eigenvalue weighted by molar-refractivity contribution is 9.10. The van der Waals surface area contributed by atoms with Crippen LogP contribution in [0.15, 0.2) is 89.0 Å². The van der Waals surface area contributed by atoms with Crippen LogP contribution in [0.25, 0.3) is 10.9 Å². The van der Waals surface area contributed by atoms with E-state index in [1.54, 1.807) is 7.05 Å². The summed E-state index contributed by atoms with van der Waals surface area (Å²) in [5.74, 6) is 0.194. The molecule has 0 spiro atoms. The van der Waals surface area contributed by atoms with Gasteiger partial charge in [0.15, 0.2) is 0 Å². The topological polar surface area (TPSA) is 83.8 Å². The van der Waals surface area contributed by atoms with Gasteiger partial charge in [0.1, 0.15) is 11.7 Å². The molecule has 40 heavy (non-hydrogen) atoms. The predicted molar refractivity (Wildman–Crippen MR) is 162 cm³/mol. The quantitative estimate of drug-likeness (QED) is 0.200. The van der Waals surface area contributed by atoms with Crippen LogP contribution in [0.3, 0.4) is 0 Å². The highest BCUT2D eigenvalue weighted by atomic mass is 79.9. The van der Waals surface area contributed by atoms with Crippen LogP contribution in [0, 0.1) is 10.1 Å². The number of benzene rings is 3. The van der Waals surface area contributed by atoms with E-state index in [9.17, 15) is 10.1 Å². The number of hydrogen-bond acceptors (Lipinski definition) is 7. The maximum atomic E-state index is 12.2. The second-order valence-corrected chi connectivity index (χ2v) is 11.2. The Morgan fingerprint density at radius 2 is 1.80 bits per heavy atom. The van der Waals surface area contributed by atoms with Gasteiger partial charge < -0.3 is 19.9 Å². The van der Waals surface area contributed by atoms with E-state index in [0.29, 0.717) is 10.8 Å². The highest BCUT2D eigenvalue weighted by Crippen LogP contribution is 2.44. The first-order valence-corrected chi connectivity index (χ1v) is 14.3. The molecule has 1 N–H and O–H groups in total. The highest BCUT2D eigenvalue weighted by Gasteiger charge is 2.39. The molecule has 1 saturated heterocycles. The number of rotatable bonds is 5. The summed E-state index contributed by atoms with van der Waals surface area (Å²) in [5, 5.41) is 16.8. The van der Waals surface area contributed by atoms with E-state index in [1.807, 2.05) is 54.7 Å². The summed E-state index contributed by atoms with van der Waals surface area (Å²) in [7, 11) is 1.63. The molecule has 1 unspecified atom stereocenters. The second-order valence-electron chi connectivity index (χ2n) is 9.85. The smallest absolute Gasteiger partial charge is 0.317 e. The lowest BCUT2D eigenvalue weighted by molar-refractivity contribution is -0.432. The van der Waals surface area contributed by atoms with Gasteiger partial charge in [0.05, 0.1) is 10.4 Å². The van der Waals surface area contributed by atoms with E-state index in [1.165, 1.54) is 5.69 Å². The minimum Gasteiger partial charge on any atom is -0.435 e. The van der Waals surface area contributed by atoms with Crippen LogP contribution in [0.5, 0.6) is 5.75 Å². The summed E-state index contributed by atoms with van der Waals surface area (Å²) in [6.07, 6.45) is 2.84. The third kappa shape index (κ3) is 4.95. The minimum atomic E-state index is -0.569. The van der Waals surface area contributed by atoms with Gasteiger partial charge in [0.2, 0.25) is 0 Å². The van der Waals surface area contributed by atoms with Gasteiger partial charge in [-0.05, 0) is 66.6 Å². The zero-order valence-corrected chi connectivity index (χ0v) is 24.2. The molecule has 2 aliphatic heterocycles. The van der Waals surface area contributed by atoms with Crippen LogP contribution >= 0.6 is 27.5 Å². The number of ether oxygens (including phenoxy) is 1. The van der Waals surface area contributed by atoms with Crippen LogP contribution in [-0.4, -0.2) is 43.1 Å². The van der Waals surface area contributed by atoms with Crippen molar-refractivity contribution in [3.8, 4) is 5.75 Å². The van der Waals surface area contributed by atoms with E-state index in [2.05, 4.69) is 54.2 Å². The Balaban J connectivity index is 1.26. The number of pyridine rings is 1. The molecule has 10 heteroatoms. The lowest BCUT2D eigenvalue weighted by atomic mass is 9.86. The molecule has 0 saturated carbocycles. The zero-order chi connectivity index (χ0) is 27.8. The minimum absolute atomic E-state index is 0.00266. The van der Waals surface area contributed by atoms with Crippen molar-refractivity contribution in [1.82, 2.24) is 10.3 Å². The van der Waals surface area contributed by atoms with E-state index in [0.717, 1.165) is 64.8 Å². The lowest BCUT2D eigenvalue weighted by Crippen LogP contribution is -2.31. The molecule has 6 rings (SSSR count). The van der Waals surface area contributed by atoms with Crippen LogP contribution < -0.4 is 19.9 Å². The normalized spacial score (nSPS) is 17.3. The van der Waals surface area contributed by atoms with Crippen molar-refractivity contribution in [2.24, 2.45) is 0 Å². The van der Waals surface area contributed by atoms with Crippen LogP contribution in [0.2, 0.25) is 5.02 Å². The van der Waals surface area contributed by atoms with E-state index in [4.69, 9.17) is 16.3 Å². The number of nitrogens with one attached hydrogen (secondary N) is 1. The monoisotopic (exact) mass is 619 g/mol. The molecule has 1 aromatic heterocycles. The van der Waals surface area contributed by atoms with Crippen LogP contribution in [0.4, 0.5) is 11.4 Å². The average Bonchev–Trinajstić information content (AvgIpc) is 3.22. The Labute approximate surface area is 245 Å². The van der Waals surface area contributed by atoms with Gasteiger partial charge >= 0.3 is 5.70 Å². The van der Waals surface area contributed by atoms with Gasteiger partial charge in [0, 0.05) is 71.2 Å². The van der Waals surface area contributed by atoms with Crippen molar-refractivity contribution in [3.05, 3.63) is 115 Å². The summed E-state index contributed by atoms with van der Waals surface area (Å²) in [4.78, 5) is 21.1. The average molecular weight is 621 g/mol. The van der Waals surface area contributed by atoms with Gasteiger partial charge in [-0.1, -0.05) is 39.7 Å². The largest absolute Gasteiger partial charge is 0.435 e. The van der Waals surface area contributed by atoms with Crippen molar-refractivity contribution in [2.45, 2.75) is 12.3 Å². The SMILES string of the molecule is CNC1=C([N+](=O)[O-])C(c2ccc(N3CCCN(c4ccnc5cc(Cl)ccc45)CC3)cc2)c2cc(Br)ccc2O1. The molecule has 0 radical (unpaired) electrons. The van der Waals surface area contributed by atoms with E-state index < -0.39 is 5.92 Å². The first-order chi connectivity index (χ1) is 19.4. The van der Waals surface area contributed by atoms with E-state index >= 15 is 0 Å². The Kier molecular flexibility index (Phi) is 7.25. The fourth-order valence-electron chi connectivity index (χ4n) is 5.66. The lowest BCUT2D eigenvalue weighted by Gasteiger charge is -2.27. The summed E-state index contributed by atoms with van der Waals surface area (Å²) in [5.41, 5.74) is 4.75. The number of anilines is 2. The van der Waals surface area contributed by atoms with Crippen molar-refractivity contribution in [1.29, 1.82) is 0 Å². The maximum absolute atomic E-state index is 12.2.